The number of carbonyl (C=O) groups is 3. The minimum atomic E-state index is -0.657. The van der Waals surface area contributed by atoms with Gasteiger partial charge in [-0.15, -0.1) is 11.3 Å². The summed E-state index contributed by atoms with van der Waals surface area (Å²) < 4.78 is 5.93. The third kappa shape index (κ3) is 4.27. The van der Waals surface area contributed by atoms with Crippen LogP contribution in [0.4, 0.5) is 5.69 Å². The van der Waals surface area contributed by atoms with E-state index >= 15 is 0 Å². The van der Waals surface area contributed by atoms with E-state index in [9.17, 15) is 14.4 Å². The van der Waals surface area contributed by atoms with Gasteiger partial charge in [0.25, 0.3) is 11.8 Å². The molecular formula is C19H15ClN2O4S. The number of halogens is 1. The highest BCUT2D eigenvalue weighted by Crippen LogP contribution is 2.35. The molecule has 3 rings (SSSR count). The zero-order valence-corrected chi connectivity index (χ0v) is 15.8. The quantitative estimate of drug-likeness (QED) is 0.637. The van der Waals surface area contributed by atoms with E-state index < -0.39 is 18.5 Å². The second kappa shape index (κ2) is 8.20. The number of carbonyl (C=O) groups excluding carboxylic acids is 3. The normalized spacial score (nSPS) is 10.4. The minimum Gasteiger partial charge on any atom is -0.451 e. The summed E-state index contributed by atoms with van der Waals surface area (Å²) in [5, 5.41) is 6.18. The summed E-state index contributed by atoms with van der Waals surface area (Å²) in [5.74, 6) is -1.44. The standard InChI is InChI=1S/C19H15ClN2O4S/c1-21-18(24)11-5-4-6-12(9-11)22-15(23)10-26-19(25)17-16(20)13-7-2-3-8-14(13)27-17/h2-9H,10H2,1H3,(H,21,24)(H,22,23). The Balaban J connectivity index is 1.62. The molecule has 0 saturated heterocycles. The number of fused-ring (bicyclic) bond motifs is 1. The summed E-state index contributed by atoms with van der Waals surface area (Å²) in [5.41, 5.74) is 0.835. The van der Waals surface area contributed by atoms with Crippen molar-refractivity contribution in [2.75, 3.05) is 19.0 Å². The molecule has 2 aromatic carbocycles. The Morgan fingerprint density at radius 2 is 1.89 bits per heavy atom. The van der Waals surface area contributed by atoms with Gasteiger partial charge in [-0.3, -0.25) is 9.59 Å². The number of nitrogens with one attached hydrogen (secondary N) is 2. The van der Waals surface area contributed by atoms with Crippen molar-refractivity contribution in [1.82, 2.24) is 5.32 Å². The zero-order chi connectivity index (χ0) is 19.4. The van der Waals surface area contributed by atoms with Crippen LogP contribution in [0.5, 0.6) is 0 Å². The van der Waals surface area contributed by atoms with Crippen LogP contribution in [0, 0.1) is 0 Å². The Kier molecular flexibility index (Phi) is 5.73. The van der Waals surface area contributed by atoms with Crippen LogP contribution >= 0.6 is 22.9 Å². The molecule has 6 nitrogen and oxygen atoms in total. The van der Waals surface area contributed by atoms with E-state index in [0.717, 1.165) is 10.1 Å². The van der Waals surface area contributed by atoms with Gasteiger partial charge in [0.15, 0.2) is 6.61 Å². The second-order valence-electron chi connectivity index (χ2n) is 5.53. The number of ether oxygens (including phenoxy) is 1. The molecule has 8 heteroatoms. The van der Waals surface area contributed by atoms with Crippen LogP contribution < -0.4 is 10.6 Å². The second-order valence-corrected chi connectivity index (χ2v) is 6.96. The SMILES string of the molecule is CNC(=O)c1cccc(NC(=O)COC(=O)c2sc3ccccc3c2Cl)c1. The molecule has 0 atom stereocenters. The molecule has 2 N–H and O–H groups in total. The first-order valence-corrected chi connectivity index (χ1v) is 9.15. The number of benzene rings is 2. The van der Waals surface area contributed by atoms with Gasteiger partial charge in [0.05, 0.1) is 5.02 Å². The minimum absolute atomic E-state index is 0.257. The van der Waals surface area contributed by atoms with Crippen molar-refractivity contribution >= 4 is 56.5 Å². The van der Waals surface area contributed by atoms with Gasteiger partial charge in [0.2, 0.25) is 0 Å². The Labute approximate surface area is 164 Å². The summed E-state index contributed by atoms with van der Waals surface area (Å²) in [7, 11) is 1.52. The molecule has 0 aliphatic carbocycles. The number of hydrogen-bond acceptors (Lipinski definition) is 5. The largest absolute Gasteiger partial charge is 0.451 e. The van der Waals surface area contributed by atoms with Crippen molar-refractivity contribution < 1.29 is 19.1 Å². The third-order valence-electron chi connectivity index (χ3n) is 3.69. The molecule has 3 aromatic rings. The predicted molar refractivity (Wildman–Crippen MR) is 106 cm³/mol. The maximum Gasteiger partial charge on any atom is 0.350 e. The smallest absolute Gasteiger partial charge is 0.350 e. The Morgan fingerprint density at radius 3 is 2.63 bits per heavy atom. The van der Waals surface area contributed by atoms with Crippen molar-refractivity contribution in [2.24, 2.45) is 0 Å². The van der Waals surface area contributed by atoms with Crippen LogP contribution in [0.25, 0.3) is 10.1 Å². The summed E-state index contributed by atoms with van der Waals surface area (Å²) in [6, 6.07) is 13.8. The average Bonchev–Trinajstić information content (AvgIpc) is 3.02. The van der Waals surface area contributed by atoms with Gasteiger partial charge in [-0.25, -0.2) is 4.79 Å². The van der Waals surface area contributed by atoms with Crippen LogP contribution in [-0.2, 0) is 9.53 Å². The van der Waals surface area contributed by atoms with Crippen molar-refractivity contribution in [3.8, 4) is 0 Å². The van der Waals surface area contributed by atoms with Gasteiger partial charge in [-0.2, -0.15) is 0 Å². The van der Waals surface area contributed by atoms with E-state index in [4.69, 9.17) is 16.3 Å². The topological polar surface area (TPSA) is 84.5 Å². The lowest BCUT2D eigenvalue weighted by molar-refractivity contribution is -0.119. The first-order chi connectivity index (χ1) is 13.0. The highest BCUT2D eigenvalue weighted by molar-refractivity contribution is 7.21. The molecule has 0 aliphatic heterocycles. The predicted octanol–water partition coefficient (Wildman–Crippen LogP) is 3.71. The first kappa shape index (κ1) is 18.9. The zero-order valence-electron chi connectivity index (χ0n) is 14.2. The van der Waals surface area contributed by atoms with Gasteiger partial charge in [0.1, 0.15) is 4.88 Å². The molecule has 138 valence electrons. The van der Waals surface area contributed by atoms with E-state index in [-0.39, 0.29) is 10.8 Å². The van der Waals surface area contributed by atoms with Gasteiger partial charge in [0, 0.05) is 28.4 Å². The molecule has 0 aliphatic rings. The number of anilines is 1. The number of esters is 1. The molecule has 0 unspecified atom stereocenters. The Morgan fingerprint density at radius 1 is 1.11 bits per heavy atom. The van der Waals surface area contributed by atoms with Crippen LogP contribution in [-0.4, -0.2) is 31.4 Å². The number of rotatable bonds is 5. The van der Waals surface area contributed by atoms with Crippen LogP contribution in [0.3, 0.4) is 0 Å². The highest BCUT2D eigenvalue weighted by atomic mass is 35.5. The molecule has 2 amide bonds. The molecule has 0 bridgehead atoms. The lowest BCUT2D eigenvalue weighted by atomic mass is 10.2. The monoisotopic (exact) mass is 402 g/mol. The van der Waals surface area contributed by atoms with E-state index in [1.54, 1.807) is 18.2 Å². The fourth-order valence-corrected chi connectivity index (χ4v) is 3.82. The van der Waals surface area contributed by atoms with E-state index in [1.807, 2.05) is 24.3 Å². The summed E-state index contributed by atoms with van der Waals surface area (Å²) in [4.78, 5) is 36.2. The maximum absolute atomic E-state index is 12.2. The number of thiophene rings is 1. The average molecular weight is 403 g/mol. The molecule has 0 radical (unpaired) electrons. The van der Waals surface area contributed by atoms with Crippen molar-refractivity contribution in [2.45, 2.75) is 0 Å². The summed E-state index contributed by atoms with van der Waals surface area (Å²) in [6.07, 6.45) is 0. The Hall–Kier alpha value is -2.90. The molecule has 0 spiro atoms. The fourth-order valence-electron chi connectivity index (χ4n) is 2.42. The van der Waals surface area contributed by atoms with Crippen molar-refractivity contribution in [3.05, 3.63) is 64.0 Å². The van der Waals surface area contributed by atoms with E-state index in [2.05, 4.69) is 10.6 Å². The van der Waals surface area contributed by atoms with Crippen LogP contribution in [0.2, 0.25) is 5.02 Å². The Bertz CT molecular complexity index is 1030. The van der Waals surface area contributed by atoms with Crippen molar-refractivity contribution in [3.63, 3.8) is 0 Å². The molecule has 0 fully saturated rings. The summed E-state index contributed by atoms with van der Waals surface area (Å²) in [6.45, 7) is -0.465. The number of hydrogen-bond donors (Lipinski definition) is 2. The fraction of sp³-hybridized carbons (Fsp3) is 0.105. The molecule has 0 saturated carbocycles. The first-order valence-electron chi connectivity index (χ1n) is 7.95. The van der Waals surface area contributed by atoms with E-state index in [0.29, 0.717) is 16.3 Å². The lowest BCUT2D eigenvalue weighted by Crippen LogP contribution is -2.21. The molecule has 1 heterocycles. The van der Waals surface area contributed by atoms with Crippen LogP contribution in [0.1, 0.15) is 20.0 Å². The third-order valence-corrected chi connectivity index (χ3v) is 5.35. The molecule has 27 heavy (non-hydrogen) atoms. The molecule has 1 aromatic heterocycles. The van der Waals surface area contributed by atoms with Gasteiger partial charge < -0.3 is 15.4 Å². The summed E-state index contributed by atoms with van der Waals surface area (Å²) >= 11 is 7.44. The molecular weight excluding hydrogens is 388 g/mol. The van der Waals surface area contributed by atoms with Crippen LogP contribution in [0.15, 0.2) is 48.5 Å². The van der Waals surface area contributed by atoms with E-state index in [1.165, 1.54) is 24.5 Å². The number of amides is 2. The van der Waals surface area contributed by atoms with Gasteiger partial charge in [-0.05, 0) is 24.3 Å². The lowest BCUT2D eigenvalue weighted by Gasteiger charge is -2.07. The van der Waals surface area contributed by atoms with Gasteiger partial charge in [-0.1, -0.05) is 35.9 Å². The highest BCUT2D eigenvalue weighted by Gasteiger charge is 2.19. The van der Waals surface area contributed by atoms with Crippen molar-refractivity contribution in [1.29, 1.82) is 0 Å². The maximum atomic E-state index is 12.2. The van der Waals surface area contributed by atoms with Gasteiger partial charge >= 0.3 is 5.97 Å².